The zero-order valence-electron chi connectivity index (χ0n) is 22.4. The lowest BCUT2D eigenvalue weighted by atomic mass is 9.86. The third kappa shape index (κ3) is 6.98. The number of para-hydroxylation sites is 1. The summed E-state index contributed by atoms with van der Waals surface area (Å²) in [5, 5.41) is 6.15. The first-order valence-electron chi connectivity index (χ1n) is 13.5. The summed E-state index contributed by atoms with van der Waals surface area (Å²) in [7, 11) is 0. The summed E-state index contributed by atoms with van der Waals surface area (Å²) < 4.78 is 0. The number of nitrogens with one attached hydrogen (secondary N) is 2. The van der Waals surface area contributed by atoms with Crippen molar-refractivity contribution in [2.24, 2.45) is 0 Å². The zero-order chi connectivity index (χ0) is 27.8. The van der Waals surface area contributed by atoms with Gasteiger partial charge in [-0.3, -0.25) is 9.59 Å². The number of fused-ring (bicyclic) bond motifs is 1. The Labute approximate surface area is 235 Å². The Morgan fingerprint density at radius 1 is 0.949 bits per heavy atom. The molecule has 1 aliphatic rings. The van der Waals surface area contributed by atoms with Crippen molar-refractivity contribution in [1.29, 1.82) is 0 Å². The highest BCUT2D eigenvalue weighted by atomic mass is 35.5. The van der Waals surface area contributed by atoms with Crippen LogP contribution < -0.4 is 15.5 Å². The highest BCUT2D eigenvalue weighted by molar-refractivity contribution is 6.30. The molecule has 3 aromatic carbocycles. The van der Waals surface area contributed by atoms with E-state index in [1.165, 1.54) is 0 Å². The van der Waals surface area contributed by atoms with Crippen LogP contribution >= 0.6 is 11.6 Å². The molecule has 8 heteroatoms. The molecule has 2 atom stereocenters. The van der Waals surface area contributed by atoms with Crippen LogP contribution in [-0.2, 0) is 9.59 Å². The summed E-state index contributed by atoms with van der Waals surface area (Å²) in [6.45, 7) is 5.24. The van der Waals surface area contributed by atoms with Crippen molar-refractivity contribution in [3.8, 4) is 0 Å². The predicted octanol–water partition coefficient (Wildman–Crippen LogP) is 6.05. The molecule has 0 saturated carbocycles. The van der Waals surface area contributed by atoms with E-state index in [2.05, 4.69) is 10.6 Å². The predicted molar refractivity (Wildman–Crippen MR) is 156 cm³/mol. The second kappa shape index (κ2) is 13.3. The Balaban J connectivity index is 1.69. The third-order valence-corrected chi connectivity index (χ3v) is 7.10. The summed E-state index contributed by atoms with van der Waals surface area (Å²) in [6, 6.07) is 23.1. The van der Waals surface area contributed by atoms with Crippen molar-refractivity contribution in [3.63, 3.8) is 0 Å². The van der Waals surface area contributed by atoms with E-state index in [0.29, 0.717) is 35.9 Å². The molecule has 0 bridgehead atoms. The standard InChI is InChI=1S/C31H35ClN4O3/c1-3-17-35(18-4-2)29(37)21-36-28-16-9-8-15-25(28)26(22-11-6-5-7-12-22)20-27(30(36)38)34-31(39)33-24-14-10-13-23(32)19-24/h5-16,19,26-27H,3-4,17-18,20-21H2,1-2H3,(H2,33,34,39). The molecule has 0 aromatic heterocycles. The number of hydrogen-bond acceptors (Lipinski definition) is 3. The van der Waals surface area contributed by atoms with Gasteiger partial charge in [0.25, 0.3) is 0 Å². The molecular weight excluding hydrogens is 512 g/mol. The average molecular weight is 547 g/mol. The van der Waals surface area contributed by atoms with Gasteiger partial charge in [0.05, 0.1) is 0 Å². The van der Waals surface area contributed by atoms with Gasteiger partial charge in [0.1, 0.15) is 12.6 Å². The lowest BCUT2D eigenvalue weighted by molar-refractivity contribution is -0.131. The van der Waals surface area contributed by atoms with Crippen molar-refractivity contribution in [2.45, 2.75) is 45.1 Å². The first-order chi connectivity index (χ1) is 18.9. The monoisotopic (exact) mass is 546 g/mol. The molecule has 7 nitrogen and oxygen atoms in total. The van der Waals surface area contributed by atoms with E-state index in [4.69, 9.17) is 11.6 Å². The summed E-state index contributed by atoms with van der Waals surface area (Å²) in [5.41, 5.74) is 3.19. The van der Waals surface area contributed by atoms with Crippen LogP contribution in [0.2, 0.25) is 5.02 Å². The number of urea groups is 1. The number of carbonyl (C=O) groups is 3. The first kappa shape index (κ1) is 28.2. The van der Waals surface area contributed by atoms with Gasteiger partial charge in [-0.1, -0.05) is 80.0 Å². The Morgan fingerprint density at radius 3 is 2.33 bits per heavy atom. The minimum Gasteiger partial charge on any atom is -0.341 e. The number of anilines is 2. The van der Waals surface area contributed by atoms with Gasteiger partial charge in [-0.2, -0.15) is 0 Å². The normalized spacial score (nSPS) is 16.7. The topological polar surface area (TPSA) is 81.8 Å². The van der Waals surface area contributed by atoms with Crippen LogP contribution in [-0.4, -0.2) is 48.4 Å². The first-order valence-corrected chi connectivity index (χ1v) is 13.8. The summed E-state index contributed by atoms with van der Waals surface area (Å²) in [5.74, 6) is -0.587. The summed E-state index contributed by atoms with van der Waals surface area (Å²) in [6.07, 6.45) is 2.02. The Bertz CT molecular complexity index is 1290. The molecule has 2 unspecified atom stereocenters. The maximum absolute atomic E-state index is 14.1. The minimum atomic E-state index is -0.861. The van der Waals surface area contributed by atoms with Gasteiger partial charge < -0.3 is 20.4 Å². The minimum absolute atomic E-state index is 0.0918. The molecule has 2 N–H and O–H groups in total. The number of hydrogen-bond donors (Lipinski definition) is 2. The van der Waals surface area contributed by atoms with Crippen molar-refractivity contribution >= 4 is 40.8 Å². The highest BCUT2D eigenvalue weighted by Crippen LogP contribution is 2.39. The van der Waals surface area contributed by atoms with Crippen molar-refractivity contribution < 1.29 is 14.4 Å². The highest BCUT2D eigenvalue weighted by Gasteiger charge is 2.37. The second-order valence-corrected chi connectivity index (χ2v) is 10.2. The van der Waals surface area contributed by atoms with Gasteiger partial charge in [0.2, 0.25) is 11.8 Å². The van der Waals surface area contributed by atoms with E-state index in [1.807, 2.05) is 73.3 Å². The zero-order valence-corrected chi connectivity index (χ0v) is 23.2. The van der Waals surface area contributed by atoms with Gasteiger partial charge in [-0.15, -0.1) is 0 Å². The van der Waals surface area contributed by atoms with E-state index >= 15 is 0 Å². The average Bonchev–Trinajstić information content (AvgIpc) is 3.04. The fourth-order valence-electron chi connectivity index (χ4n) is 5.11. The van der Waals surface area contributed by atoms with Gasteiger partial charge >= 0.3 is 6.03 Å². The molecule has 4 rings (SSSR count). The molecule has 0 aliphatic carbocycles. The van der Waals surface area contributed by atoms with E-state index in [-0.39, 0.29) is 24.3 Å². The third-order valence-electron chi connectivity index (χ3n) is 6.86. The number of carbonyl (C=O) groups excluding carboxylic acids is 3. The Hall–Kier alpha value is -3.84. The Kier molecular flexibility index (Phi) is 9.60. The second-order valence-electron chi connectivity index (χ2n) is 9.72. The SMILES string of the molecule is CCCN(CCC)C(=O)CN1C(=O)C(NC(=O)Nc2cccc(Cl)c2)CC(c2ccccc2)c2ccccc21. The largest absolute Gasteiger partial charge is 0.341 e. The van der Waals surface area contributed by atoms with Crippen LogP contribution in [0.3, 0.4) is 0 Å². The number of amides is 4. The maximum atomic E-state index is 14.1. The fraction of sp³-hybridized carbons (Fsp3) is 0.323. The number of nitrogens with zero attached hydrogens (tertiary/aromatic N) is 2. The number of benzene rings is 3. The lowest BCUT2D eigenvalue weighted by Crippen LogP contribution is -2.52. The van der Waals surface area contributed by atoms with E-state index < -0.39 is 12.1 Å². The molecule has 0 fully saturated rings. The van der Waals surface area contributed by atoms with E-state index in [0.717, 1.165) is 24.0 Å². The van der Waals surface area contributed by atoms with Crippen LogP contribution in [0.25, 0.3) is 0 Å². The molecule has 0 spiro atoms. The summed E-state index contributed by atoms with van der Waals surface area (Å²) in [4.78, 5) is 43.9. The molecule has 4 amide bonds. The molecular formula is C31H35ClN4O3. The van der Waals surface area contributed by atoms with Crippen LogP contribution in [0.5, 0.6) is 0 Å². The molecule has 39 heavy (non-hydrogen) atoms. The van der Waals surface area contributed by atoms with Crippen molar-refractivity contribution in [3.05, 3.63) is 95.0 Å². The van der Waals surface area contributed by atoms with Gasteiger partial charge in [0, 0.05) is 35.4 Å². The Morgan fingerprint density at radius 2 is 1.64 bits per heavy atom. The number of halogens is 1. The summed E-state index contributed by atoms with van der Waals surface area (Å²) >= 11 is 6.07. The molecule has 0 saturated heterocycles. The van der Waals surface area contributed by atoms with E-state index in [9.17, 15) is 14.4 Å². The lowest BCUT2D eigenvalue weighted by Gasteiger charge is -2.29. The quantitative estimate of drug-likeness (QED) is 0.343. The van der Waals surface area contributed by atoms with Gasteiger partial charge in [-0.25, -0.2) is 4.79 Å². The molecule has 1 heterocycles. The molecule has 0 radical (unpaired) electrons. The van der Waals surface area contributed by atoms with E-state index in [1.54, 1.807) is 29.2 Å². The van der Waals surface area contributed by atoms with Crippen LogP contribution in [0, 0.1) is 0 Å². The molecule has 204 valence electrons. The van der Waals surface area contributed by atoms with Crippen LogP contribution in [0.4, 0.5) is 16.2 Å². The fourth-order valence-corrected chi connectivity index (χ4v) is 5.30. The molecule has 3 aromatic rings. The van der Waals surface area contributed by atoms with Crippen molar-refractivity contribution in [2.75, 3.05) is 29.9 Å². The maximum Gasteiger partial charge on any atom is 0.319 e. The van der Waals surface area contributed by atoms with Crippen LogP contribution in [0.1, 0.15) is 50.2 Å². The van der Waals surface area contributed by atoms with Gasteiger partial charge in [0.15, 0.2) is 0 Å². The van der Waals surface area contributed by atoms with Crippen molar-refractivity contribution in [1.82, 2.24) is 10.2 Å². The smallest absolute Gasteiger partial charge is 0.319 e. The molecule has 1 aliphatic heterocycles. The number of rotatable bonds is 9. The van der Waals surface area contributed by atoms with Gasteiger partial charge in [-0.05, 0) is 54.7 Å². The van der Waals surface area contributed by atoms with Crippen LogP contribution in [0.15, 0.2) is 78.9 Å².